The molecule has 0 heterocycles. The van der Waals surface area contributed by atoms with Gasteiger partial charge >= 0.3 is 12.1 Å². The number of carbonyl (C=O) groups excluding carboxylic acids is 2. The minimum atomic E-state index is -0.637. The van der Waals surface area contributed by atoms with Crippen LogP contribution in [-0.2, 0) is 9.47 Å². The van der Waals surface area contributed by atoms with Crippen LogP contribution in [0.5, 0.6) is 11.5 Å². The third kappa shape index (κ3) is 9.86. The number of ether oxygens (including phenoxy) is 3. The Morgan fingerprint density at radius 3 is 2.22 bits per heavy atom. The molecule has 0 saturated heterocycles. The quantitative estimate of drug-likeness (QED) is 0.194. The molecule has 0 spiro atoms. The van der Waals surface area contributed by atoms with Gasteiger partial charge in [0.1, 0.15) is 17.0 Å². The number of nitrogens with one attached hydrogen (secondary N) is 1. The van der Waals surface area contributed by atoms with Crippen LogP contribution < -0.4 is 20.7 Å². The van der Waals surface area contributed by atoms with Crippen LogP contribution in [0.3, 0.4) is 0 Å². The topological polar surface area (TPSA) is 103 Å². The highest BCUT2D eigenvalue weighted by atomic mass is 16.6. The van der Waals surface area contributed by atoms with Crippen molar-refractivity contribution in [1.82, 2.24) is 0 Å². The number of esters is 1. The Labute approximate surface area is 221 Å². The van der Waals surface area contributed by atoms with Gasteiger partial charge in [0.15, 0.2) is 5.75 Å². The van der Waals surface area contributed by atoms with Crippen LogP contribution in [-0.4, -0.2) is 36.9 Å². The second-order valence-electron chi connectivity index (χ2n) is 11.1. The maximum absolute atomic E-state index is 12.7. The Balaban J connectivity index is 2.32. The molecule has 8 nitrogen and oxygen atoms in total. The number of hydrogen-bond acceptors (Lipinski definition) is 7. The van der Waals surface area contributed by atoms with E-state index in [4.69, 9.17) is 19.9 Å². The van der Waals surface area contributed by atoms with Crippen molar-refractivity contribution >= 4 is 29.1 Å². The molecule has 0 aliphatic carbocycles. The molecule has 1 amide bonds. The monoisotopic (exact) mass is 513 g/mol. The fraction of sp³-hybridized carbons (Fsp3) is 0.517. The summed E-state index contributed by atoms with van der Waals surface area (Å²) in [4.78, 5) is 26.6. The van der Waals surface area contributed by atoms with Crippen LogP contribution in [0.15, 0.2) is 36.4 Å². The third-order valence-electron chi connectivity index (χ3n) is 5.22. The summed E-state index contributed by atoms with van der Waals surface area (Å²) in [6, 6.07) is 10.3. The number of carbonyl (C=O) groups is 2. The normalized spacial score (nSPS) is 11.6. The Morgan fingerprint density at radius 2 is 1.59 bits per heavy atom. The largest absolute Gasteiger partial charge is 0.456 e. The summed E-state index contributed by atoms with van der Waals surface area (Å²) >= 11 is 0. The highest BCUT2D eigenvalue weighted by molar-refractivity contribution is 5.92. The smallest absolute Gasteiger partial charge is 0.414 e. The molecule has 0 unspecified atom stereocenters. The molecule has 2 aromatic rings. The summed E-state index contributed by atoms with van der Waals surface area (Å²) in [6.07, 6.45) is 3.91. The zero-order chi connectivity index (χ0) is 27.8. The van der Waals surface area contributed by atoms with Crippen LogP contribution in [0.4, 0.5) is 21.9 Å². The van der Waals surface area contributed by atoms with E-state index in [2.05, 4.69) is 12.2 Å². The molecule has 0 aliphatic rings. The number of rotatable bonds is 10. The van der Waals surface area contributed by atoms with E-state index in [0.717, 1.165) is 25.8 Å². The van der Waals surface area contributed by atoms with Crippen molar-refractivity contribution in [1.29, 1.82) is 0 Å². The fourth-order valence-electron chi connectivity index (χ4n) is 3.43. The van der Waals surface area contributed by atoms with E-state index in [1.54, 1.807) is 64.2 Å². The zero-order valence-electron chi connectivity index (χ0n) is 23.6. The second-order valence-corrected chi connectivity index (χ2v) is 11.1. The maximum atomic E-state index is 12.7. The van der Waals surface area contributed by atoms with Crippen LogP contribution in [0, 0.1) is 0 Å². The molecule has 0 atom stereocenters. The van der Waals surface area contributed by atoms with E-state index < -0.39 is 23.3 Å². The average Bonchev–Trinajstić information content (AvgIpc) is 2.78. The number of benzene rings is 2. The molecular weight excluding hydrogens is 470 g/mol. The number of anilines is 3. The van der Waals surface area contributed by atoms with E-state index in [1.165, 1.54) is 11.3 Å². The minimum Gasteiger partial charge on any atom is -0.456 e. The number of nitrogens with two attached hydrogens (primary N) is 1. The van der Waals surface area contributed by atoms with Crippen LogP contribution in [0.1, 0.15) is 84.5 Å². The highest BCUT2D eigenvalue weighted by Crippen LogP contribution is 2.35. The van der Waals surface area contributed by atoms with Crippen molar-refractivity contribution < 1.29 is 23.8 Å². The molecule has 8 heteroatoms. The molecule has 3 N–H and O–H groups in total. The summed E-state index contributed by atoms with van der Waals surface area (Å²) < 4.78 is 17.2. The molecule has 37 heavy (non-hydrogen) atoms. The van der Waals surface area contributed by atoms with Crippen molar-refractivity contribution in [2.45, 2.75) is 85.4 Å². The van der Waals surface area contributed by atoms with E-state index in [9.17, 15) is 9.59 Å². The number of unbranched alkanes of at least 4 members (excludes halogenated alkanes) is 3. The van der Waals surface area contributed by atoms with Gasteiger partial charge < -0.3 is 25.3 Å². The lowest BCUT2D eigenvalue weighted by Gasteiger charge is -2.25. The van der Waals surface area contributed by atoms with Gasteiger partial charge in [0.2, 0.25) is 0 Å². The van der Waals surface area contributed by atoms with Crippen LogP contribution >= 0.6 is 0 Å². The molecule has 0 aromatic heterocycles. The van der Waals surface area contributed by atoms with E-state index >= 15 is 0 Å². The maximum Gasteiger partial charge on any atom is 0.414 e. The third-order valence-corrected chi connectivity index (χ3v) is 5.22. The van der Waals surface area contributed by atoms with E-state index in [1.807, 2.05) is 20.8 Å². The molecule has 0 aliphatic heterocycles. The molecular formula is C29H43N3O5. The lowest BCUT2D eigenvalue weighted by atomic mass is 10.1. The molecule has 0 bridgehead atoms. The highest BCUT2D eigenvalue weighted by Gasteiger charge is 2.23. The Morgan fingerprint density at radius 1 is 0.919 bits per heavy atom. The lowest BCUT2D eigenvalue weighted by Crippen LogP contribution is -2.34. The number of nitrogen functional groups attached to an aromatic ring is 1. The molecule has 0 radical (unpaired) electrons. The van der Waals surface area contributed by atoms with Crippen LogP contribution in [0.25, 0.3) is 0 Å². The fourth-order valence-corrected chi connectivity index (χ4v) is 3.43. The molecule has 2 rings (SSSR count). The van der Waals surface area contributed by atoms with Crippen molar-refractivity contribution in [3.63, 3.8) is 0 Å². The first kappa shape index (κ1) is 29.8. The van der Waals surface area contributed by atoms with Gasteiger partial charge in [0.05, 0.1) is 22.6 Å². The summed E-state index contributed by atoms with van der Waals surface area (Å²) in [7, 11) is 1.60. The van der Waals surface area contributed by atoms with Crippen molar-refractivity contribution in [2.24, 2.45) is 0 Å². The van der Waals surface area contributed by atoms with Crippen LogP contribution in [0.2, 0.25) is 0 Å². The summed E-state index contributed by atoms with van der Waals surface area (Å²) in [6.45, 7) is 13.8. The van der Waals surface area contributed by atoms with Gasteiger partial charge in [-0.2, -0.15) is 0 Å². The van der Waals surface area contributed by atoms with E-state index in [-0.39, 0.29) is 0 Å². The van der Waals surface area contributed by atoms with Gasteiger partial charge in [0, 0.05) is 19.7 Å². The predicted octanol–water partition coefficient (Wildman–Crippen LogP) is 7.38. The average molecular weight is 514 g/mol. The molecule has 2 aromatic carbocycles. The van der Waals surface area contributed by atoms with Gasteiger partial charge in [-0.3, -0.25) is 4.90 Å². The van der Waals surface area contributed by atoms with E-state index in [0.29, 0.717) is 34.1 Å². The van der Waals surface area contributed by atoms with Gasteiger partial charge in [-0.1, -0.05) is 26.2 Å². The first-order chi connectivity index (χ1) is 17.2. The SMILES string of the molecule is CCCCCCNc1cc(C(=O)OC(C)(C)C)ccc1Oc1ccc(N)c(N(C)C(=O)OC(C)(C)C)c1. The van der Waals surface area contributed by atoms with Gasteiger partial charge in [0.25, 0.3) is 0 Å². The van der Waals surface area contributed by atoms with Gasteiger partial charge in [-0.05, 0) is 78.3 Å². The summed E-state index contributed by atoms with van der Waals surface area (Å²) in [5.41, 5.74) is 6.91. The Hall–Kier alpha value is -3.42. The second kappa shape index (κ2) is 12.7. The van der Waals surface area contributed by atoms with Gasteiger partial charge in [-0.25, -0.2) is 9.59 Å². The van der Waals surface area contributed by atoms with Crippen molar-refractivity contribution in [3.8, 4) is 11.5 Å². The van der Waals surface area contributed by atoms with Gasteiger partial charge in [-0.15, -0.1) is 0 Å². The zero-order valence-corrected chi connectivity index (χ0v) is 23.6. The number of nitrogens with zero attached hydrogens (tertiary/aromatic N) is 1. The summed E-state index contributed by atoms with van der Waals surface area (Å²) in [5.74, 6) is 0.624. The lowest BCUT2D eigenvalue weighted by molar-refractivity contribution is 0.00693. The first-order valence-electron chi connectivity index (χ1n) is 12.9. The Bertz CT molecular complexity index is 1070. The summed E-state index contributed by atoms with van der Waals surface area (Å²) in [5, 5.41) is 3.40. The van der Waals surface area contributed by atoms with Crippen molar-refractivity contribution in [3.05, 3.63) is 42.0 Å². The molecule has 0 saturated carbocycles. The Kier molecular flexibility index (Phi) is 10.2. The standard InChI is InChI=1S/C29H43N3O5/c1-9-10-11-12-17-31-23-18-20(26(33)36-28(2,3)4)13-16-25(23)35-21-14-15-22(30)24(19-21)32(8)27(34)37-29(5,6)7/h13-16,18-19,31H,9-12,17,30H2,1-8H3. The molecule has 204 valence electrons. The number of hydrogen-bond donors (Lipinski definition) is 2. The van der Waals surface area contributed by atoms with Crippen molar-refractivity contribution in [2.75, 3.05) is 29.5 Å². The minimum absolute atomic E-state index is 0.401. The first-order valence-corrected chi connectivity index (χ1v) is 12.9. The molecule has 0 fully saturated rings. The number of amides is 1. The predicted molar refractivity (Wildman–Crippen MR) is 150 cm³/mol.